The van der Waals surface area contributed by atoms with Gasteiger partial charge in [-0.1, -0.05) is 51.1 Å². The number of aliphatic imine (C=N–C) groups is 1. The second-order valence-electron chi connectivity index (χ2n) is 7.34. The topological polar surface area (TPSA) is 67.1 Å². The second kappa shape index (κ2) is 11.2. The second-order valence-corrected chi connectivity index (χ2v) is 7.34. The van der Waals surface area contributed by atoms with Crippen LogP contribution in [0.5, 0.6) is 0 Å². The van der Waals surface area contributed by atoms with Crippen molar-refractivity contribution in [3.63, 3.8) is 0 Å². The maximum Gasteiger partial charge on any atom is 0.191 e. The van der Waals surface area contributed by atoms with E-state index in [4.69, 9.17) is 0 Å². The minimum absolute atomic E-state index is 0. The molecule has 28 heavy (non-hydrogen) atoms. The SMILES string of the molecule is C=CCNC(=NCc1nnc(C)n1C)NCC(C)(C)c1ccc(CC)cc1.I. The summed E-state index contributed by atoms with van der Waals surface area (Å²) < 4.78 is 1.95. The van der Waals surface area contributed by atoms with Crippen LogP contribution in [0.4, 0.5) is 0 Å². The number of nitrogens with one attached hydrogen (secondary N) is 2. The molecule has 0 spiro atoms. The molecule has 0 atom stereocenters. The van der Waals surface area contributed by atoms with Gasteiger partial charge in [0, 0.05) is 25.6 Å². The van der Waals surface area contributed by atoms with Gasteiger partial charge in [-0.2, -0.15) is 0 Å². The summed E-state index contributed by atoms with van der Waals surface area (Å²) in [5.41, 5.74) is 2.64. The van der Waals surface area contributed by atoms with Gasteiger partial charge in [-0.25, -0.2) is 4.99 Å². The van der Waals surface area contributed by atoms with Crippen molar-refractivity contribution >= 4 is 29.9 Å². The molecule has 0 radical (unpaired) electrons. The third-order valence-electron chi connectivity index (χ3n) is 4.82. The lowest BCUT2D eigenvalue weighted by Gasteiger charge is -2.27. The van der Waals surface area contributed by atoms with E-state index in [-0.39, 0.29) is 29.4 Å². The van der Waals surface area contributed by atoms with Crippen molar-refractivity contribution in [3.8, 4) is 0 Å². The predicted molar refractivity (Wildman–Crippen MR) is 127 cm³/mol. The Kier molecular flexibility index (Phi) is 9.64. The van der Waals surface area contributed by atoms with E-state index in [2.05, 4.69) is 77.4 Å². The van der Waals surface area contributed by atoms with Gasteiger partial charge in [-0.15, -0.1) is 40.8 Å². The van der Waals surface area contributed by atoms with E-state index in [1.807, 2.05) is 24.6 Å². The quantitative estimate of drug-likeness (QED) is 0.254. The summed E-state index contributed by atoms with van der Waals surface area (Å²) in [5.74, 6) is 2.46. The monoisotopic (exact) mass is 496 g/mol. The number of hydrogen-bond donors (Lipinski definition) is 2. The average Bonchev–Trinajstić information content (AvgIpc) is 2.99. The maximum absolute atomic E-state index is 4.65. The summed E-state index contributed by atoms with van der Waals surface area (Å²) in [4.78, 5) is 4.65. The van der Waals surface area contributed by atoms with Crippen molar-refractivity contribution in [2.45, 2.75) is 46.1 Å². The number of guanidine groups is 1. The zero-order valence-corrected chi connectivity index (χ0v) is 19.9. The summed E-state index contributed by atoms with van der Waals surface area (Å²) in [5, 5.41) is 15.0. The average molecular weight is 496 g/mol. The Morgan fingerprint density at radius 2 is 1.89 bits per heavy atom. The van der Waals surface area contributed by atoms with Gasteiger partial charge in [0.2, 0.25) is 0 Å². The van der Waals surface area contributed by atoms with Crippen molar-refractivity contribution in [3.05, 3.63) is 59.7 Å². The molecule has 0 amide bonds. The first-order valence-corrected chi connectivity index (χ1v) is 9.44. The van der Waals surface area contributed by atoms with Gasteiger partial charge < -0.3 is 15.2 Å². The zero-order chi connectivity index (χ0) is 19.9. The molecule has 0 aliphatic rings. The highest BCUT2D eigenvalue weighted by Crippen LogP contribution is 2.22. The molecular weight excluding hydrogens is 463 g/mol. The number of benzene rings is 1. The number of rotatable bonds is 8. The van der Waals surface area contributed by atoms with Crippen LogP contribution in [0.2, 0.25) is 0 Å². The molecule has 2 rings (SSSR count). The molecule has 7 heteroatoms. The minimum atomic E-state index is -0.0235. The first kappa shape index (κ1) is 24.1. The van der Waals surface area contributed by atoms with Crippen molar-refractivity contribution in [2.24, 2.45) is 12.0 Å². The van der Waals surface area contributed by atoms with E-state index in [0.717, 1.165) is 30.6 Å². The molecule has 0 saturated carbocycles. The molecule has 0 unspecified atom stereocenters. The lowest BCUT2D eigenvalue weighted by Crippen LogP contribution is -2.43. The Hall–Kier alpha value is -1.90. The zero-order valence-electron chi connectivity index (χ0n) is 17.6. The molecule has 6 nitrogen and oxygen atoms in total. The maximum atomic E-state index is 4.65. The Morgan fingerprint density at radius 1 is 1.21 bits per heavy atom. The Labute approximate surface area is 186 Å². The van der Waals surface area contributed by atoms with Crippen LogP contribution in [-0.4, -0.2) is 33.8 Å². The summed E-state index contributed by atoms with van der Waals surface area (Å²) >= 11 is 0. The molecule has 0 saturated heterocycles. The third kappa shape index (κ3) is 6.61. The number of nitrogens with zero attached hydrogens (tertiary/aromatic N) is 4. The van der Waals surface area contributed by atoms with Crippen molar-refractivity contribution < 1.29 is 0 Å². The highest BCUT2D eigenvalue weighted by Gasteiger charge is 2.21. The fourth-order valence-corrected chi connectivity index (χ4v) is 2.68. The normalized spacial score (nSPS) is 11.7. The van der Waals surface area contributed by atoms with Gasteiger partial charge in [0.05, 0.1) is 0 Å². The van der Waals surface area contributed by atoms with Crippen LogP contribution in [0.1, 0.15) is 43.5 Å². The van der Waals surface area contributed by atoms with Crippen LogP contribution in [-0.2, 0) is 25.4 Å². The van der Waals surface area contributed by atoms with Gasteiger partial charge in [-0.05, 0) is 24.5 Å². The largest absolute Gasteiger partial charge is 0.356 e. The smallest absolute Gasteiger partial charge is 0.191 e. The first-order valence-electron chi connectivity index (χ1n) is 9.44. The van der Waals surface area contributed by atoms with Crippen LogP contribution < -0.4 is 10.6 Å². The van der Waals surface area contributed by atoms with Crippen LogP contribution in [0.15, 0.2) is 41.9 Å². The van der Waals surface area contributed by atoms with Crippen molar-refractivity contribution in [1.82, 2.24) is 25.4 Å². The molecule has 154 valence electrons. The van der Waals surface area contributed by atoms with E-state index >= 15 is 0 Å². The van der Waals surface area contributed by atoms with Crippen LogP contribution in [0.25, 0.3) is 0 Å². The van der Waals surface area contributed by atoms with Gasteiger partial charge in [0.25, 0.3) is 0 Å². The molecule has 0 fully saturated rings. The van der Waals surface area contributed by atoms with E-state index in [1.54, 1.807) is 0 Å². The summed E-state index contributed by atoms with van der Waals surface area (Å²) in [6.45, 7) is 14.2. The summed E-state index contributed by atoms with van der Waals surface area (Å²) in [6.07, 6.45) is 2.88. The number of aromatic nitrogens is 3. The third-order valence-corrected chi connectivity index (χ3v) is 4.82. The van der Waals surface area contributed by atoms with Crippen molar-refractivity contribution in [1.29, 1.82) is 0 Å². The molecule has 0 aliphatic carbocycles. The van der Waals surface area contributed by atoms with Crippen LogP contribution in [0, 0.1) is 6.92 Å². The lowest BCUT2D eigenvalue weighted by molar-refractivity contribution is 0.508. The Morgan fingerprint density at radius 3 is 2.43 bits per heavy atom. The molecule has 2 aromatic rings. The van der Waals surface area contributed by atoms with Gasteiger partial charge in [-0.3, -0.25) is 0 Å². The molecule has 0 aliphatic heterocycles. The molecule has 1 aromatic heterocycles. The summed E-state index contributed by atoms with van der Waals surface area (Å²) in [6, 6.07) is 8.85. The Balaban J connectivity index is 0.00000392. The molecular formula is C21H33IN6. The van der Waals surface area contributed by atoms with Gasteiger partial charge >= 0.3 is 0 Å². The van der Waals surface area contributed by atoms with Gasteiger partial charge in [0.15, 0.2) is 11.8 Å². The molecule has 1 heterocycles. The van der Waals surface area contributed by atoms with Crippen molar-refractivity contribution in [2.75, 3.05) is 13.1 Å². The minimum Gasteiger partial charge on any atom is -0.356 e. The summed E-state index contributed by atoms with van der Waals surface area (Å²) in [7, 11) is 1.95. The molecule has 0 bridgehead atoms. The van der Waals surface area contributed by atoms with E-state index < -0.39 is 0 Å². The Bertz CT molecular complexity index is 777. The fourth-order valence-electron chi connectivity index (χ4n) is 2.68. The lowest BCUT2D eigenvalue weighted by atomic mass is 9.84. The number of hydrogen-bond acceptors (Lipinski definition) is 3. The molecule has 1 aromatic carbocycles. The van der Waals surface area contributed by atoms with Gasteiger partial charge in [0.1, 0.15) is 12.4 Å². The predicted octanol–water partition coefficient (Wildman–Crippen LogP) is 3.50. The van der Waals surface area contributed by atoms with E-state index in [1.165, 1.54) is 11.1 Å². The highest BCUT2D eigenvalue weighted by molar-refractivity contribution is 14.0. The fraction of sp³-hybridized carbons (Fsp3) is 0.476. The first-order chi connectivity index (χ1) is 12.9. The van der Waals surface area contributed by atoms with E-state index in [0.29, 0.717) is 13.1 Å². The molecule has 2 N–H and O–H groups in total. The van der Waals surface area contributed by atoms with Crippen LogP contribution in [0.3, 0.4) is 0 Å². The number of halogens is 1. The van der Waals surface area contributed by atoms with Crippen LogP contribution >= 0.6 is 24.0 Å². The highest BCUT2D eigenvalue weighted by atomic mass is 127. The number of aryl methyl sites for hydroxylation is 2. The van der Waals surface area contributed by atoms with E-state index in [9.17, 15) is 0 Å². The standard InChI is InChI=1S/C21H32N6.HI/c1-7-13-22-20(23-14-19-26-25-16(3)27(19)6)24-15-21(4,5)18-11-9-17(8-2)10-12-18;/h7,9-12H,1,8,13-15H2,2-6H3,(H2,22,23,24);1H.